The predicted molar refractivity (Wildman–Crippen MR) is 66.2 cm³/mol. The van der Waals surface area contributed by atoms with E-state index in [1.54, 1.807) is 4.90 Å². The Kier molecular flexibility index (Phi) is 4.23. The number of piperazine rings is 1. The molecule has 0 aromatic rings. The van der Waals surface area contributed by atoms with Gasteiger partial charge < -0.3 is 15.3 Å². The van der Waals surface area contributed by atoms with Crippen molar-refractivity contribution in [2.75, 3.05) is 39.3 Å². The van der Waals surface area contributed by atoms with Crippen molar-refractivity contribution in [3.05, 3.63) is 0 Å². The summed E-state index contributed by atoms with van der Waals surface area (Å²) in [5, 5.41) is 12.4. The lowest BCUT2D eigenvalue weighted by atomic mass is 9.97. The number of hydrogen-bond acceptors (Lipinski definition) is 3. The molecule has 2 rings (SSSR count). The van der Waals surface area contributed by atoms with Gasteiger partial charge in [0.15, 0.2) is 0 Å². The van der Waals surface area contributed by atoms with Crippen LogP contribution in [-0.2, 0) is 0 Å². The Bertz CT molecular complexity index is 266. The summed E-state index contributed by atoms with van der Waals surface area (Å²) in [6.07, 6.45) is 1.74. The molecule has 1 atom stereocenters. The number of nitrogens with zero attached hydrogens (tertiary/aromatic N) is 2. The highest BCUT2D eigenvalue weighted by Crippen LogP contribution is 2.16. The summed E-state index contributed by atoms with van der Waals surface area (Å²) in [7, 11) is 0. The number of carboxylic acid groups (broad SMARTS) is 1. The first-order valence-electron chi connectivity index (χ1n) is 6.59. The van der Waals surface area contributed by atoms with Crippen LogP contribution < -0.4 is 5.32 Å². The lowest BCUT2D eigenvalue weighted by Crippen LogP contribution is -2.54. The lowest BCUT2D eigenvalue weighted by Gasteiger charge is -2.40. The van der Waals surface area contributed by atoms with Gasteiger partial charge in [-0.1, -0.05) is 0 Å². The van der Waals surface area contributed by atoms with Gasteiger partial charge in [0.1, 0.15) is 0 Å². The van der Waals surface area contributed by atoms with E-state index in [1.807, 2.05) is 6.92 Å². The van der Waals surface area contributed by atoms with Crippen LogP contribution in [0.1, 0.15) is 19.8 Å². The number of carbonyl (C=O) groups is 1. The normalized spacial score (nSPS) is 28.3. The molecular formula is C12H23N3O2. The van der Waals surface area contributed by atoms with E-state index in [2.05, 4.69) is 10.2 Å². The van der Waals surface area contributed by atoms with Crippen molar-refractivity contribution < 1.29 is 9.90 Å². The van der Waals surface area contributed by atoms with E-state index in [0.717, 1.165) is 38.6 Å². The molecule has 2 aliphatic rings. The van der Waals surface area contributed by atoms with Crippen LogP contribution in [0.25, 0.3) is 0 Å². The molecule has 98 valence electrons. The summed E-state index contributed by atoms with van der Waals surface area (Å²) in [6.45, 7) is 7.84. The van der Waals surface area contributed by atoms with Crippen LogP contribution in [0, 0.1) is 5.92 Å². The Hall–Kier alpha value is -0.810. The maximum Gasteiger partial charge on any atom is 0.407 e. The maximum absolute atomic E-state index is 11.0. The summed E-state index contributed by atoms with van der Waals surface area (Å²) in [5.74, 6) is 0.792. The standard InChI is InChI=1S/C12H23N3O2/c1-10-8-14(6-7-15(10)12(16)17)9-11-2-4-13-5-3-11/h10-11,13H,2-9H2,1H3,(H,16,17)/t10-/m0/s1. The van der Waals surface area contributed by atoms with E-state index in [0.29, 0.717) is 6.54 Å². The Morgan fingerprint density at radius 1 is 1.35 bits per heavy atom. The SMILES string of the molecule is C[C@H]1CN(CC2CCNCC2)CCN1C(=O)O. The molecule has 0 aliphatic carbocycles. The topological polar surface area (TPSA) is 55.8 Å². The van der Waals surface area contributed by atoms with Crippen molar-refractivity contribution in [2.24, 2.45) is 5.92 Å². The molecule has 0 unspecified atom stereocenters. The zero-order chi connectivity index (χ0) is 12.3. The van der Waals surface area contributed by atoms with Crippen LogP contribution in [0.2, 0.25) is 0 Å². The Morgan fingerprint density at radius 2 is 2.06 bits per heavy atom. The molecule has 2 heterocycles. The minimum atomic E-state index is -0.779. The van der Waals surface area contributed by atoms with Crippen LogP contribution in [0.5, 0.6) is 0 Å². The van der Waals surface area contributed by atoms with E-state index < -0.39 is 6.09 Å². The van der Waals surface area contributed by atoms with E-state index in [9.17, 15) is 4.79 Å². The first-order valence-corrected chi connectivity index (χ1v) is 6.59. The average Bonchev–Trinajstić information content (AvgIpc) is 2.30. The van der Waals surface area contributed by atoms with Gasteiger partial charge in [0.05, 0.1) is 0 Å². The zero-order valence-electron chi connectivity index (χ0n) is 10.6. The second-order valence-electron chi connectivity index (χ2n) is 5.28. The van der Waals surface area contributed by atoms with Crippen molar-refractivity contribution in [3.8, 4) is 0 Å². The Morgan fingerprint density at radius 3 is 2.65 bits per heavy atom. The molecule has 1 amide bonds. The quantitative estimate of drug-likeness (QED) is 0.746. The van der Waals surface area contributed by atoms with Gasteiger partial charge >= 0.3 is 6.09 Å². The van der Waals surface area contributed by atoms with Crippen LogP contribution in [0.4, 0.5) is 4.79 Å². The molecular weight excluding hydrogens is 218 g/mol. The molecule has 5 nitrogen and oxygen atoms in total. The van der Waals surface area contributed by atoms with E-state index in [-0.39, 0.29) is 6.04 Å². The van der Waals surface area contributed by atoms with Gasteiger partial charge in [-0.15, -0.1) is 0 Å². The van der Waals surface area contributed by atoms with Crippen LogP contribution in [0.3, 0.4) is 0 Å². The van der Waals surface area contributed by atoms with Crippen LogP contribution in [0.15, 0.2) is 0 Å². The van der Waals surface area contributed by atoms with Crippen molar-refractivity contribution in [1.29, 1.82) is 0 Å². The summed E-state index contributed by atoms with van der Waals surface area (Å²) in [4.78, 5) is 14.9. The fourth-order valence-corrected chi connectivity index (χ4v) is 2.91. The van der Waals surface area contributed by atoms with Gasteiger partial charge in [0.25, 0.3) is 0 Å². The number of rotatable bonds is 2. The van der Waals surface area contributed by atoms with Crippen molar-refractivity contribution in [1.82, 2.24) is 15.1 Å². The summed E-state index contributed by atoms with van der Waals surface area (Å²) < 4.78 is 0. The fourth-order valence-electron chi connectivity index (χ4n) is 2.91. The van der Waals surface area contributed by atoms with Crippen molar-refractivity contribution in [3.63, 3.8) is 0 Å². The highest BCUT2D eigenvalue weighted by atomic mass is 16.4. The second-order valence-corrected chi connectivity index (χ2v) is 5.28. The first kappa shape index (κ1) is 12.6. The minimum Gasteiger partial charge on any atom is -0.465 e. The van der Waals surface area contributed by atoms with Crippen LogP contribution in [-0.4, -0.2) is 66.3 Å². The fraction of sp³-hybridized carbons (Fsp3) is 0.917. The van der Waals surface area contributed by atoms with Gasteiger partial charge in [-0.05, 0) is 38.8 Å². The third-order valence-corrected chi connectivity index (χ3v) is 3.93. The van der Waals surface area contributed by atoms with Gasteiger partial charge in [-0.25, -0.2) is 4.79 Å². The van der Waals surface area contributed by atoms with Gasteiger partial charge in [-0.3, -0.25) is 4.90 Å². The minimum absolute atomic E-state index is 0.128. The lowest BCUT2D eigenvalue weighted by molar-refractivity contribution is 0.0645. The predicted octanol–water partition coefficient (Wildman–Crippen LogP) is 0.670. The molecule has 0 spiro atoms. The van der Waals surface area contributed by atoms with Gasteiger partial charge in [-0.2, -0.15) is 0 Å². The highest BCUT2D eigenvalue weighted by Gasteiger charge is 2.28. The monoisotopic (exact) mass is 241 g/mol. The van der Waals surface area contributed by atoms with E-state index >= 15 is 0 Å². The average molecular weight is 241 g/mol. The third-order valence-electron chi connectivity index (χ3n) is 3.93. The van der Waals surface area contributed by atoms with E-state index in [4.69, 9.17) is 5.11 Å². The summed E-state index contributed by atoms with van der Waals surface area (Å²) in [5.41, 5.74) is 0. The van der Waals surface area contributed by atoms with Gasteiger partial charge in [0, 0.05) is 32.2 Å². The van der Waals surface area contributed by atoms with E-state index in [1.165, 1.54) is 12.8 Å². The number of amides is 1. The maximum atomic E-state index is 11.0. The Balaban J connectivity index is 1.78. The molecule has 0 aromatic heterocycles. The molecule has 5 heteroatoms. The highest BCUT2D eigenvalue weighted by molar-refractivity contribution is 5.65. The molecule has 17 heavy (non-hydrogen) atoms. The molecule has 2 N–H and O–H groups in total. The largest absolute Gasteiger partial charge is 0.465 e. The zero-order valence-corrected chi connectivity index (χ0v) is 10.6. The third kappa shape index (κ3) is 3.33. The summed E-state index contributed by atoms with van der Waals surface area (Å²) >= 11 is 0. The number of piperidine rings is 1. The van der Waals surface area contributed by atoms with Crippen molar-refractivity contribution >= 4 is 6.09 Å². The molecule has 0 bridgehead atoms. The molecule has 0 radical (unpaired) electrons. The molecule has 0 aromatic carbocycles. The molecule has 2 fully saturated rings. The van der Waals surface area contributed by atoms with Crippen LogP contribution >= 0.6 is 0 Å². The molecule has 0 saturated carbocycles. The Labute approximate surface area is 103 Å². The summed E-state index contributed by atoms with van der Waals surface area (Å²) in [6, 6.07) is 0.128. The van der Waals surface area contributed by atoms with Gasteiger partial charge in [0.2, 0.25) is 0 Å². The molecule has 2 aliphatic heterocycles. The van der Waals surface area contributed by atoms with Crippen molar-refractivity contribution in [2.45, 2.75) is 25.8 Å². The smallest absolute Gasteiger partial charge is 0.407 e. The first-order chi connectivity index (χ1) is 8.16. The number of nitrogens with one attached hydrogen (secondary N) is 1. The second kappa shape index (κ2) is 5.69. The molecule has 2 saturated heterocycles. The number of hydrogen-bond donors (Lipinski definition) is 2.